The maximum Gasteiger partial charge on any atom is 0.491 e. The SMILES string of the molecule is CCCCCCCC[SiH]1O[Si]2(CCCCl)OC(C(C)O[Si](O)(CCCCCCCC)O2)C(O)C2O[Si](CCCCCCCC)(O1)O[Si]1(CCCCl)OC2C(C)O[Si](O)(CCCCCCCC)O1. The van der Waals surface area contributed by atoms with E-state index in [4.69, 9.17) is 65.9 Å². The number of alkyl halides is 2. The fourth-order valence-electron chi connectivity index (χ4n) is 10.0. The second-order valence-corrected chi connectivity index (χ2v) is 37.2. The van der Waals surface area contributed by atoms with E-state index in [2.05, 4.69) is 27.7 Å². The van der Waals surface area contributed by atoms with Crippen LogP contribution in [0.3, 0.4) is 0 Å². The lowest BCUT2D eigenvalue weighted by Gasteiger charge is -2.45. The lowest BCUT2D eigenvalue weighted by atomic mass is 9.97. The van der Waals surface area contributed by atoms with Gasteiger partial charge in [-0.15, -0.1) is 23.2 Å². The number of rotatable bonds is 34. The number of unbranched alkanes of at least 4 members (excludes halogenated alkanes) is 20. The molecule has 4 heterocycles. The Bertz CT molecular complexity index is 1320. The number of fused-ring (bicyclic) bond motifs is 7. The summed E-state index contributed by atoms with van der Waals surface area (Å²) in [6.07, 6.45) is 20.2. The van der Waals surface area contributed by atoms with Gasteiger partial charge in [0.2, 0.25) is 0 Å². The predicted octanol–water partition coefficient (Wildman–Crippen LogP) is 12.0. The largest absolute Gasteiger partial charge is 0.491 e. The molecule has 0 spiro atoms. The Balaban J connectivity index is 1.87. The van der Waals surface area contributed by atoms with E-state index in [0.717, 1.165) is 128 Å². The van der Waals surface area contributed by atoms with Crippen LogP contribution >= 0.6 is 23.2 Å². The molecule has 0 aliphatic carbocycles. The molecule has 4 saturated heterocycles. The van der Waals surface area contributed by atoms with Gasteiger partial charge in [-0.25, -0.2) is 0 Å². The minimum absolute atomic E-state index is 0.328. The quantitative estimate of drug-likeness (QED) is 0.0319. The van der Waals surface area contributed by atoms with E-state index in [1.807, 2.05) is 13.8 Å². The molecule has 0 aromatic rings. The highest BCUT2D eigenvalue weighted by Gasteiger charge is 2.69. The van der Waals surface area contributed by atoms with E-state index in [1.165, 1.54) is 25.7 Å². The van der Waals surface area contributed by atoms with Crippen LogP contribution in [0.5, 0.6) is 0 Å². The van der Waals surface area contributed by atoms with Gasteiger partial charge in [-0.05, 0) is 52.0 Å². The van der Waals surface area contributed by atoms with Crippen molar-refractivity contribution in [2.24, 2.45) is 0 Å². The minimum atomic E-state index is -3.98. The number of hydrogen-bond donors (Lipinski definition) is 3. The number of aliphatic hydroxyl groups is 1. The monoisotopic (exact) mass is 1090 g/mol. The van der Waals surface area contributed by atoms with E-state index in [1.54, 1.807) is 0 Å². The summed E-state index contributed by atoms with van der Waals surface area (Å²) in [7, 11) is -22.7. The van der Waals surface area contributed by atoms with Crippen LogP contribution in [0.25, 0.3) is 0 Å². The fourth-order valence-corrected chi connectivity index (χ4v) is 36.2. The Labute approximate surface area is 424 Å². The van der Waals surface area contributed by atoms with Gasteiger partial charge in [0.15, 0.2) is 0 Å². The molecule has 0 aromatic heterocycles. The average Bonchev–Trinajstić information content (AvgIpc) is 3.55. The van der Waals surface area contributed by atoms with Crippen molar-refractivity contribution >= 4 is 76.5 Å². The molecule has 0 radical (unpaired) electrons. The van der Waals surface area contributed by atoms with Gasteiger partial charge in [0.1, 0.15) is 24.4 Å². The Kier molecular flexibility index (Phi) is 29.0. The van der Waals surface area contributed by atoms with Gasteiger partial charge >= 0.3 is 53.3 Å². The van der Waals surface area contributed by atoms with Gasteiger partial charge in [-0.3, -0.25) is 0 Å². The molecule has 4 aliphatic rings. The standard InChI is InChI=1S/C46H96Cl2O13Si6/c1-7-11-15-19-23-27-35-62-57-65(39-31-33-47)54-44(41(5)52-63(50,59-65)36-28-24-20-16-12-8-2)43(49)46-45-42(6)53-64(51,37-29-25-21-17-13-9-3)60-67(55-45,40-32-34-48)61-66(56-46,58-62)38-30-26-22-18-14-10-4/h41-46,49-51,62H,7-40H2,1-6H3. The van der Waals surface area contributed by atoms with Gasteiger partial charge in [-0.1, -0.05) is 163 Å². The Hall–Kier alpha value is 1.36. The highest BCUT2D eigenvalue weighted by molar-refractivity contribution is 6.84. The fraction of sp³-hybridized carbons (Fsp3) is 1.00. The molecule has 0 aromatic carbocycles. The molecule has 4 rings (SSSR count). The first kappa shape index (κ1) is 60.9. The highest BCUT2D eigenvalue weighted by Crippen LogP contribution is 2.45. The van der Waals surface area contributed by atoms with Crippen LogP contribution in [0.15, 0.2) is 0 Å². The zero-order chi connectivity index (χ0) is 48.7. The summed E-state index contributed by atoms with van der Waals surface area (Å²) < 4.78 is 71.9. The van der Waals surface area contributed by atoms with Gasteiger partial charge in [0.25, 0.3) is 0 Å². The molecule has 21 heteroatoms. The van der Waals surface area contributed by atoms with Crippen LogP contribution in [-0.4, -0.2) is 116 Å². The molecule has 12 unspecified atom stereocenters. The van der Waals surface area contributed by atoms with Crippen LogP contribution in [-0.2, 0) is 42.7 Å². The van der Waals surface area contributed by atoms with Crippen molar-refractivity contribution in [2.75, 3.05) is 11.8 Å². The zero-order valence-corrected chi connectivity index (χ0v) is 50.4. The summed E-state index contributed by atoms with van der Waals surface area (Å²) in [6, 6.07) is 2.46. The Morgan fingerprint density at radius 1 is 0.403 bits per heavy atom. The van der Waals surface area contributed by atoms with Crippen molar-refractivity contribution < 1.29 is 57.4 Å². The minimum Gasteiger partial charge on any atom is -0.396 e. The summed E-state index contributed by atoms with van der Waals surface area (Å²) in [5.41, 5.74) is 0. The third-order valence-electron chi connectivity index (χ3n) is 13.7. The number of hydrogen-bond acceptors (Lipinski definition) is 13. The van der Waals surface area contributed by atoms with Crippen molar-refractivity contribution in [1.29, 1.82) is 0 Å². The van der Waals surface area contributed by atoms with Gasteiger partial charge in [0.05, 0.1) is 12.2 Å². The normalized spacial score (nSPS) is 35.8. The summed E-state index contributed by atoms with van der Waals surface area (Å²) in [4.78, 5) is 25.3. The van der Waals surface area contributed by atoms with Crippen LogP contribution in [0.1, 0.15) is 208 Å². The lowest BCUT2D eigenvalue weighted by molar-refractivity contribution is -0.135. The zero-order valence-electron chi connectivity index (χ0n) is 42.8. The second kappa shape index (κ2) is 31.9. The van der Waals surface area contributed by atoms with E-state index in [0.29, 0.717) is 60.9 Å². The van der Waals surface area contributed by atoms with Crippen LogP contribution in [0, 0.1) is 0 Å². The first-order chi connectivity index (χ1) is 32.3. The molecular formula is C46H96Cl2O13Si6. The van der Waals surface area contributed by atoms with E-state index in [-0.39, 0.29) is 0 Å². The highest BCUT2D eigenvalue weighted by atomic mass is 35.5. The van der Waals surface area contributed by atoms with Gasteiger partial charge in [-0.2, -0.15) is 0 Å². The van der Waals surface area contributed by atoms with Crippen molar-refractivity contribution in [1.82, 2.24) is 0 Å². The molecule has 12 atom stereocenters. The number of halogens is 2. The topological polar surface area (TPSA) is 153 Å². The average molecular weight is 1100 g/mol. The van der Waals surface area contributed by atoms with Gasteiger partial charge < -0.3 is 57.4 Å². The Morgan fingerprint density at radius 3 is 1.25 bits per heavy atom. The lowest BCUT2D eigenvalue weighted by Crippen LogP contribution is -2.66. The van der Waals surface area contributed by atoms with Crippen molar-refractivity contribution in [3.05, 3.63) is 0 Å². The van der Waals surface area contributed by atoms with Crippen molar-refractivity contribution in [3.8, 4) is 0 Å². The molecule has 6 bridgehead atoms. The molecule has 67 heavy (non-hydrogen) atoms. The first-order valence-electron chi connectivity index (χ1n) is 27.4. The van der Waals surface area contributed by atoms with Gasteiger partial charge in [0, 0.05) is 42.0 Å². The maximum atomic E-state index is 13.1. The molecule has 3 N–H and O–H groups in total. The maximum absolute atomic E-state index is 13.1. The summed E-state index contributed by atoms with van der Waals surface area (Å²) >= 11 is 13.0. The first-order valence-corrected chi connectivity index (χ1v) is 39.9. The third-order valence-corrected chi connectivity index (χ3v) is 35.9. The summed E-state index contributed by atoms with van der Waals surface area (Å²) in [6.45, 7) is 12.6. The number of aliphatic hydroxyl groups excluding tert-OH is 1. The van der Waals surface area contributed by atoms with Crippen molar-refractivity contribution in [3.63, 3.8) is 0 Å². The van der Waals surface area contributed by atoms with Crippen LogP contribution < -0.4 is 0 Å². The second-order valence-electron chi connectivity index (χ2n) is 20.0. The Morgan fingerprint density at radius 2 is 0.761 bits per heavy atom. The molecule has 4 aliphatic heterocycles. The van der Waals surface area contributed by atoms with E-state index < -0.39 is 89.9 Å². The predicted molar refractivity (Wildman–Crippen MR) is 281 cm³/mol. The van der Waals surface area contributed by atoms with E-state index in [9.17, 15) is 14.7 Å². The molecular weight excluding hydrogens is 1000 g/mol. The van der Waals surface area contributed by atoms with Crippen LogP contribution in [0.4, 0.5) is 0 Å². The third kappa shape index (κ3) is 20.2. The summed E-state index contributed by atoms with van der Waals surface area (Å²) in [5, 5.41) is 13.1. The van der Waals surface area contributed by atoms with Crippen LogP contribution in [0.2, 0.25) is 36.3 Å². The molecule has 4 fully saturated rings. The van der Waals surface area contributed by atoms with Crippen molar-refractivity contribution in [2.45, 2.75) is 281 Å². The molecule has 0 saturated carbocycles. The molecule has 0 amide bonds. The molecule has 396 valence electrons. The van der Waals surface area contributed by atoms with E-state index >= 15 is 0 Å². The molecule has 13 nitrogen and oxygen atoms in total. The summed E-state index contributed by atoms with van der Waals surface area (Å²) in [5.74, 6) is 0.675. The smallest absolute Gasteiger partial charge is 0.396 e.